The van der Waals surface area contributed by atoms with Gasteiger partial charge in [-0.05, 0) is 24.1 Å². The topological polar surface area (TPSA) is 55.6 Å². The quantitative estimate of drug-likeness (QED) is 0.910. The number of carbonyl (C=O) groups is 1. The van der Waals surface area contributed by atoms with Crippen LogP contribution in [0.2, 0.25) is 0 Å². The predicted octanol–water partition coefficient (Wildman–Crippen LogP) is 2.38. The molecule has 1 amide bonds. The van der Waals surface area contributed by atoms with Crippen molar-refractivity contribution in [2.24, 2.45) is 11.1 Å². The first-order valence-electron chi connectivity index (χ1n) is 7.50. The van der Waals surface area contributed by atoms with Crippen molar-refractivity contribution in [3.8, 4) is 5.75 Å². The van der Waals surface area contributed by atoms with Gasteiger partial charge in [0.2, 0.25) is 5.91 Å². The second kappa shape index (κ2) is 6.06. The van der Waals surface area contributed by atoms with Crippen LogP contribution in [0.15, 0.2) is 24.3 Å². The molecule has 0 spiro atoms. The Morgan fingerprint density at radius 1 is 1.33 bits per heavy atom. The molecule has 2 rings (SSSR count). The number of carbonyl (C=O) groups excluding carboxylic acids is 1. The maximum absolute atomic E-state index is 12.5. The van der Waals surface area contributed by atoms with Gasteiger partial charge in [0, 0.05) is 30.5 Å². The minimum absolute atomic E-state index is 0.0289. The molecule has 1 aliphatic heterocycles. The third-order valence-corrected chi connectivity index (χ3v) is 3.98. The average molecular weight is 290 g/mol. The third kappa shape index (κ3) is 3.76. The lowest BCUT2D eigenvalue weighted by Gasteiger charge is -2.39. The highest BCUT2D eigenvalue weighted by atomic mass is 16.5. The Hall–Kier alpha value is -1.55. The van der Waals surface area contributed by atoms with Gasteiger partial charge >= 0.3 is 0 Å². The molecule has 2 atom stereocenters. The summed E-state index contributed by atoms with van der Waals surface area (Å²) in [6.07, 6.45) is 0.904. The van der Waals surface area contributed by atoms with Crippen molar-refractivity contribution < 1.29 is 9.53 Å². The zero-order valence-electron chi connectivity index (χ0n) is 13.4. The molecule has 0 radical (unpaired) electrons. The molecule has 21 heavy (non-hydrogen) atoms. The lowest BCUT2D eigenvalue weighted by atomic mass is 9.86. The summed E-state index contributed by atoms with van der Waals surface area (Å²) >= 11 is 0. The molecule has 1 saturated heterocycles. The van der Waals surface area contributed by atoms with Crippen molar-refractivity contribution >= 4 is 5.91 Å². The summed E-state index contributed by atoms with van der Waals surface area (Å²) in [5.41, 5.74) is 7.01. The molecule has 116 valence electrons. The fraction of sp³-hybridized carbons (Fsp3) is 0.588. The van der Waals surface area contributed by atoms with E-state index in [0.717, 1.165) is 18.7 Å². The number of likely N-dealkylation sites (tertiary alicyclic amines) is 1. The Bertz CT molecular complexity index is 508. The molecule has 2 unspecified atom stereocenters. The first-order valence-corrected chi connectivity index (χ1v) is 7.50. The standard InChI is InChI=1S/C17H26N2O2/c1-17(2,3)16(20)19-10-13(8-14(18)11-19)12-6-5-7-15(9-12)21-4/h5-7,9,13-14H,8,10-11,18H2,1-4H3. The van der Waals surface area contributed by atoms with Crippen molar-refractivity contribution in [2.45, 2.75) is 39.2 Å². The number of nitrogens with two attached hydrogens (primary N) is 1. The van der Waals surface area contributed by atoms with Crippen LogP contribution < -0.4 is 10.5 Å². The minimum Gasteiger partial charge on any atom is -0.497 e. The summed E-state index contributed by atoms with van der Waals surface area (Å²) in [6.45, 7) is 7.25. The van der Waals surface area contributed by atoms with Crippen molar-refractivity contribution in [3.63, 3.8) is 0 Å². The van der Waals surface area contributed by atoms with Crippen LogP contribution in [0.5, 0.6) is 5.75 Å². The van der Waals surface area contributed by atoms with E-state index in [0.29, 0.717) is 6.54 Å². The molecule has 4 heteroatoms. The minimum atomic E-state index is -0.365. The van der Waals surface area contributed by atoms with Gasteiger partial charge in [-0.3, -0.25) is 4.79 Å². The second-order valence-corrected chi connectivity index (χ2v) is 6.93. The molecule has 1 heterocycles. The maximum atomic E-state index is 12.5. The normalized spacial score (nSPS) is 23.0. The third-order valence-electron chi connectivity index (χ3n) is 3.98. The Morgan fingerprint density at radius 3 is 2.67 bits per heavy atom. The van der Waals surface area contributed by atoms with Gasteiger partial charge < -0.3 is 15.4 Å². The summed E-state index contributed by atoms with van der Waals surface area (Å²) in [5, 5.41) is 0. The second-order valence-electron chi connectivity index (χ2n) is 6.93. The lowest BCUT2D eigenvalue weighted by Crippen LogP contribution is -2.51. The number of methoxy groups -OCH3 is 1. The van der Waals surface area contributed by atoms with E-state index in [4.69, 9.17) is 10.5 Å². The van der Waals surface area contributed by atoms with Gasteiger partial charge in [0.05, 0.1) is 7.11 Å². The number of benzene rings is 1. The van der Waals surface area contributed by atoms with E-state index in [1.54, 1.807) is 7.11 Å². The molecular weight excluding hydrogens is 264 g/mol. The molecular formula is C17H26N2O2. The van der Waals surface area contributed by atoms with Crippen molar-refractivity contribution in [2.75, 3.05) is 20.2 Å². The summed E-state index contributed by atoms with van der Waals surface area (Å²) in [5.74, 6) is 1.29. The molecule has 0 saturated carbocycles. The highest BCUT2D eigenvalue weighted by Gasteiger charge is 2.34. The molecule has 0 aliphatic carbocycles. The SMILES string of the molecule is COc1cccc(C2CC(N)CN(C(=O)C(C)(C)C)C2)c1. The van der Waals surface area contributed by atoms with Crippen LogP contribution in [-0.4, -0.2) is 37.0 Å². The Labute approximate surface area is 127 Å². The molecule has 1 aromatic carbocycles. The number of nitrogens with zero attached hydrogens (tertiary/aromatic N) is 1. The molecule has 1 fully saturated rings. The van der Waals surface area contributed by atoms with Crippen LogP contribution in [0.3, 0.4) is 0 Å². The molecule has 0 bridgehead atoms. The first-order chi connectivity index (χ1) is 9.81. The molecule has 4 nitrogen and oxygen atoms in total. The van der Waals surface area contributed by atoms with Gasteiger partial charge in [-0.1, -0.05) is 32.9 Å². The zero-order chi connectivity index (χ0) is 15.6. The Balaban J connectivity index is 2.19. The van der Waals surface area contributed by atoms with Gasteiger partial charge in [0.1, 0.15) is 5.75 Å². The fourth-order valence-electron chi connectivity index (χ4n) is 2.92. The van der Waals surface area contributed by atoms with E-state index in [2.05, 4.69) is 6.07 Å². The summed E-state index contributed by atoms with van der Waals surface area (Å²) in [4.78, 5) is 14.4. The van der Waals surface area contributed by atoms with Crippen LogP contribution in [0.25, 0.3) is 0 Å². The van der Waals surface area contributed by atoms with Gasteiger partial charge in [-0.25, -0.2) is 0 Å². The zero-order valence-corrected chi connectivity index (χ0v) is 13.4. The highest BCUT2D eigenvalue weighted by Crippen LogP contribution is 2.30. The smallest absolute Gasteiger partial charge is 0.228 e. The first kappa shape index (κ1) is 15.8. The monoisotopic (exact) mass is 290 g/mol. The summed E-state index contributed by atoms with van der Waals surface area (Å²) in [7, 11) is 1.67. The van der Waals surface area contributed by atoms with Gasteiger partial charge in [0.25, 0.3) is 0 Å². The van der Waals surface area contributed by atoms with Crippen molar-refractivity contribution in [1.82, 2.24) is 4.90 Å². The molecule has 1 aromatic rings. The predicted molar refractivity (Wildman–Crippen MR) is 84.4 cm³/mol. The largest absolute Gasteiger partial charge is 0.497 e. The van der Waals surface area contributed by atoms with Gasteiger partial charge in [0.15, 0.2) is 0 Å². The van der Waals surface area contributed by atoms with E-state index < -0.39 is 0 Å². The Morgan fingerprint density at radius 2 is 2.05 bits per heavy atom. The molecule has 0 aromatic heterocycles. The summed E-state index contributed by atoms with van der Waals surface area (Å²) in [6, 6.07) is 8.09. The lowest BCUT2D eigenvalue weighted by molar-refractivity contribution is -0.141. The maximum Gasteiger partial charge on any atom is 0.228 e. The van der Waals surface area contributed by atoms with E-state index in [1.807, 2.05) is 43.9 Å². The van der Waals surface area contributed by atoms with Gasteiger partial charge in [-0.2, -0.15) is 0 Å². The number of ether oxygens (including phenoxy) is 1. The number of hydrogen-bond donors (Lipinski definition) is 1. The molecule has 1 aliphatic rings. The van der Waals surface area contributed by atoms with Crippen LogP contribution >= 0.6 is 0 Å². The van der Waals surface area contributed by atoms with Crippen LogP contribution in [0, 0.1) is 5.41 Å². The number of amides is 1. The van der Waals surface area contributed by atoms with E-state index in [9.17, 15) is 4.79 Å². The van der Waals surface area contributed by atoms with Crippen LogP contribution in [0.1, 0.15) is 38.7 Å². The summed E-state index contributed by atoms with van der Waals surface area (Å²) < 4.78 is 5.29. The van der Waals surface area contributed by atoms with E-state index >= 15 is 0 Å². The number of rotatable bonds is 2. The number of hydrogen-bond acceptors (Lipinski definition) is 3. The van der Waals surface area contributed by atoms with Crippen LogP contribution in [-0.2, 0) is 4.79 Å². The van der Waals surface area contributed by atoms with Crippen LogP contribution in [0.4, 0.5) is 0 Å². The Kier molecular flexibility index (Phi) is 4.57. The fourth-order valence-corrected chi connectivity index (χ4v) is 2.92. The number of piperidine rings is 1. The van der Waals surface area contributed by atoms with Crippen molar-refractivity contribution in [1.29, 1.82) is 0 Å². The average Bonchev–Trinajstić information content (AvgIpc) is 2.45. The highest BCUT2D eigenvalue weighted by molar-refractivity contribution is 5.81. The van der Waals surface area contributed by atoms with Gasteiger partial charge in [-0.15, -0.1) is 0 Å². The van der Waals surface area contributed by atoms with E-state index in [1.165, 1.54) is 5.56 Å². The van der Waals surface area contributed by atoms with Crippen molar-refractivity contribution in [3.05, 3.63) is 29.8 Å². The van der Waals surface area contributed by atoms with E-state index in [-0.39, 0.29) is 23.3 Å². The molecule has 2 N–H and O–H groups in total.